The Balaban J connectivity index is 2.95. The molecule has 1 heterocycles. The van der Waals surface area contributed by atoms with E-state index in [0.29, 0.717) is 5.92 Å². The summed E-state index contributed by atoms with van der Waals surface area (Å²) in [5.41, 5.74) is 3.32. The van der Waals surface area contributed by atoms with Gasteiger partial charge in [-0.15, -0.1) is 0 Å². The zero-order valence-corrected chi connectivity index (χ0v) is 8.26. The minimum absolute atomic E-state index is 0.482. The molecular weight excluding hydrogens is 148 g/mol. The Labute approximate surface area is 74.3 Å². The van der Waals surface area contributed by atoms with Gasteiger partial charge in [-0.2, -0.15) is 5.10 Å². The Kier molecular flexibility index (Phi) is 2.36. The first-order valence-corrected chi connectivity index (χ1v) is 4.22. The van der Waals surface area contributed by atoms with Gasteiger partial charge in [0.1, 0.15) is 0 Å². The van der Waals surface area contributed by atoms with Crippen molar-refractivity contribution in [3.63, 3.8) is 0 Å². The number of rotatable bonds is 1. The lowest BCUT2D eigenvalue weighted by Crippen LogP contribution is -2.21. The number of hydrazone groups is 1. The van der Waals surface area contributed by atoms with Crippen LogP contribution < -0.4 is 0 Å². The Bertz CT molecular complexity index is 259. The highest BCUT2D eigenvalue weighted by Gasteiger charge is 2.13. The normalized spacial score (nSPS) is 18.1. The topological polar surface area (TPSA) is 15.6 Å². The zero-order chi connectivity index (χ0) is 9.30. The molecule has 66 valence electrons. The highest BCUT2D eigenvalue weighted by Crippen LogP contribution is 2.18. The van der Waals surface area contributed by atoms with Crippen molar-refractivity contribution in [2.45, 2.75) is 20.8 Å². The first-order chi connectivity index (χ1) is 5.52. The van der Waals surface area contributed by atoms with Crippen molar-refractivity contribution < 1.29 is 0 Å². The quantitative estimate of drug-likeness (QED) is 0.581. The smallest absolute Gasteiger partial charge is 0.0638 e. The van der Waals surface area contributed by atoms with Crippen LogP contribution in [0.3, 0.4) is 0 Å². The van der Waals surface area contributed by atoms with Crippen LogP contribution in [0.2, 0.25) is 0 Å². The van der Waals surface area contributed by atoms with Crippen molar-refractivity contribution in [2.75, 3.05) is 7.05 Å². The van der Waals surface area contributed by atoms with Crippen molar-refractivity contribution in [3.05, 3.63) is 23.9 Å². The van der Waals surface area contributed by atoms with Gasteiger partial charge in [0.05, 0.1) is 11.4 Å². The van der Waals surface area contributed by atoms with Gasteiger partial charge < -0.3 is 0 Å². The van der Waals surface area contributed by atoms with E-state index in [1.807, 2.05) is 12.1 Å². The van der Waals surface area contributed by atoms with Crippen molar-refractivity contribution in [1.29, 1.82) is 0 Å². The first-order valence-electron chi connectivity index (χ1n) is 4.22. The largest absolute Gasteiger partial charge is 0.269 e. The third kappa shape index (κ3) is 1.58. The van der Waals surface area contributed by atoms with Crippen LogP contribution in [0.15, 0.2) is 29.0 Å². The van der Waals surface area contributed by atoms with E-state index >= 15 is 0 Å². The Morgan fingerprint density at radius 2 is 2.08 bits per heavy atom. The third-order valence-electron chi connectivity index (χ3n) is 2.07. The summed E-state index contributed by atoms with van der Waals surface area (Å²) >= 11 is 0. The maximum Gasteiger partial charge on any atom is 0.0638 e. The lowest BCUT2D eigenvalue weighted by Gasteiger charge is -2.23. The van der Waals surface area contributed by atoms with Gasteiger partial charge in [-0.25, -0.2) is 0 Å². The number of hydrogen-bond donors (Lipinski definition) is 0. The Hall–Kier alpha value is -1.05. The number of likely N-dealkylation sites (N-methyl/N-ethyl adjacent to an activating group) is 1. The predicted octanol–water partition coefficient (Wildman–Crippen LogP) is 2.40. The summed E-state index contributed by atoms with van der Waals surface area (Å²) in [5, 5.41) is 6.23. The minimum Gasteiger partial charge on any atom is -0.269 e. The van der Waals surface area contributed by atoms with Crippen LogP contribution in [0, 0.1) is 5.92 Å². The number of allylic oxidation sites excluding steroid dienone is 2. The van der Waals surface area contributed by atoms with E-state index in [2.05, 4.69) is 38.5 Å². The van der Waals surface area contributed by atoms with Crippen LogP contribution in [0.1, 0.15) is 20.8 Å². The molecule has 2 nitrogen and oxygen atoms in total. The molecular formula is C10H16N2. The molecule has 0 saturated heterocycles. The fourth-order valence-corrected chi connectivity index (χ4v) is 1.10. The van der Waals surface area contributed by atoms with Crippen molar-refractivity contribution in [3.8, 4) is 0 Å². The van der Waals surface area contributed by atoms with E-state index in [4.69, 9.17) is 0 Å². The lowest BCUT2D eigenvalue weighted by atomic mass is 10.0. The standard InChI is InChI=1S/C10H16N2/c1-7(2)10-6-8(3)9(4)12(5)11-10/h6-7H,4H2,1-3,5H3. The van der Waals surface area contributed by atoms with Crippen molar-refractivity contribution in [2.24, 2.45) is 11.0 Å². The maximum atomic E-state index is 4.39. The van der Waals surface area contributed by atoms with Crippen LogP contribution in [-0.4, -0.2) is 17.8 Å². The maximum absolute atomic E-state index is 4.39. The molecule has 0 spiro atoms. The van der Waals surface area contributed by atoms with E-state index in [0.717, 1.165) is 11.4 Å². The van der Waals surface area contributed by atoms with E-state index in [1.54, 1.807) is 0 Å². The molecule has 0 fully saturated rings. The van der Waals surface area contributed by atoms with Gasteiger partial charge >= 0.3 is 0 Å². The summed E-state index contributed by atoms with van der Waals surface area (Å²) in [6, 6.07) is 0. The molecule has 0 unspecified atom stereocenters. The molecule has 1 aliphatic rings. The molecule has 0 aliphatic carbocycles. The van der Waals surface area contributed by atoms with Gasteiger partial charge in [0.15, 0.2) is 0 Å². The molecule has 0 radical (unpaired) electrons. The van der Waals surface area contributed by atoms with Gasteiger partial charge in [0.2, 0.25) is 0 Å². The Morgan fingerprint density at radius 3 is 2.50 bits per heavy atom. The van der Waals surface area contributed by atoms with Crippen LogP contribution in [0.25, 0.3) is 0 Å². The fourth-order valence-electron chi connectivity index (χ4n) is 1.10. The molecule has 0 aromatic rings. The molecule has 12 heavy (non-hydrogen) atoms. The molecule has 0 aromatic carbocycles. The van der Waals surface area contributed by atoms with Crippen LogP contribution in [0.5, 0.6) is 0 Å². The van der Waals surface area contributed by atoms with Gasteiger partial charge in [-0.1, -0.05) is 20.4 Å². The second-order valence-corrected chi connectivity index (χ2v) is 3.48. The van der Waals surface area contributed by atoms with E-state index in [-0.39, 0.29) is 0 Å². The molecule has 1 aliphatic heterocycles. The average molecular weight is 164 g/mol. The van der Waals surface area contributed by atoms with Crippen LogP contribution in [0.4, 0.5) is 0 Å². The summed E-state index contributed by atoms with van der Waals surface area (Å²) in [4.78, 5) is 0. The Morgan fingerprint density at radius 1 is 1.50 bits per heavy atom. The SMILES string of the molecule is C=C1C(C)=CC(C(C)C)=NN1C. The summed E-state index contributed by atoms with van der Waals surface area (Å²) < 4.78 is 0. The predicted molar refractivity (Wildman–Crippen MR) is 52.9 cm³/mol. The first kappa shape index (κ1) is 9.04. The van der Waals surface area contributed by atoms with Gasteiger partial charge in [0.25, 0.3) is 0 Å². The molecule has 0 bridgehead atoms. The highest BCUT2D eigenvalue weighted by molar-refractivity contribution is 5.98. The highest BCUT2D eigenvalue weighted by atomic mass is 15.4. The average Bonchev–Trinajstić information content (AvgIpc) is 1.99. The molecule has 1 rings (SSSR count). The van der Waals surface area contributed by atoms with Gasteiger partial charge in [0, 0.05) is 7.05 Å². The van der Waals surface area contributed by atoms with Crippen molar-refractivity contribution >= 4 is 5.71 Å². The number of nitrogens with zero attached hydrogens (tertiary/aromatic N) is 2. The van der Waals surface area contributed by atoms with Gasteiger partial charge in [-0.3, -0.25) is 5.01 Å². The van der Waals surface area contributed by atoms with E-state index in [9.17, 15) is 0 Å². The fraction of sp³-hybridized carbons (Fsp3) is 0.500. The second-order valence-electron chi connectivity index (χ2n) is 3.48. The zero-order valence-electron chi connectivity index (χ0n) is 8.26. The summed E-state index contributed by atoms with van der Waals surface area (Å²) in [6.45, 7) is 10.3. The molecule has 0 amide bonds. The summed E-state index contributed by atoms with van der Waals surface area (Å²) in [7, 11) is 1.93. The molecule has 2 heteroatoms. The van der Waals surface area contributed by atoms with Crippen LogP contribution in [-0.2, 0) is 0 Å². The molecule has 0 saturated carbocycles. The van der Waals surface area contributed by atoms with Gasteiger partial charge in [-0.05, 0) is 24.5 Å². The summed E-state index contributed by atoms with van der Waals surface area (Å²) in [5.74, 6) is 0.482. The third-order valence-corrected chi connectivity index (χ3v) is 2.07. The minimum atomic E-state index is 0.482. The number of hydrogen-bond acceptors (Lipinski definition) is 2. The lowest BCUT2D eigenvalue weighted by molar-refractivity contribution is 0.447. The summed E-state index contributed by atoms with van der Waals surface area (Å²) in [6.07, 6.45) is 2.10. The molecule has 0 N–H and O–H groups in total. The van der Waals surface area contributed by atoms with Crippen LogP contribution >= 0.6 is 0 Å². The monoisotopic (exact) mass is 164 g/mol. The molecule has 0 aromatic heterocycles. The van der Waals surface area contributed by atoms with E-state index < -0.39 is 0 Å². The molecule has 0 atom stereocenters. The van der Waals surface area contributed by atoms with E-state index in [1.165, 1.54) is 5.57 Å². The second kappa shape index (κ2) is 3.13. The van der Waals surface area contributed by atoms with Crippen molar-refractivity contribution in [1.82, 2.24) is 5.01 Å².